The fourth-order valence-corrected chi connectivity index (χ4v) is 3.65. The summed E-state index contributed by atoms with van der Waals surface area (Å²) in [4.78, 5) is 4.65. The van der Waals surface area contributed by atoms with Crippen molar-refractivity contribution >= 4 is 5.57 Å². The van der Waals surface area contributed by atoms with Gasteiger partial charge >= 0.3 is 0 Å². The van der Waals surface area contributed by atoms with E-state index in [1.54, 1.807) is 0 Å². The van der Waals surface area contributed by atoms with E-state index in [0.29, 0.717) is 5.75 Å². The highest BCUT2D eigenvalue weighted by Gasteiger charge is 2.21. The van der Waals surface area contributed by atoms with Crippen LogP contribution in [0, 0.1) is 0 Å². The van der Waals surface area contributed by atoms with Crippen molar-refractivity contribution in [2.75, 3.05) is 0 Å². The third-order valence-electron chi connectivity index (χ3n) is 4.89. The van der Waals surface area contributed by atoms with E-state index in [9.17, 15) is 5.26 Å². The van der Waals surface area contributed by atoms with Gasteiger partial charge in [0.15, 0.2) is 5.75 Å². The summed E-state index contributed by atoms with van der Waals surface area (Å²) in [5.74, 6) is 0.516. The van der Waals surface area contributed by atoms with Gasteiger partial charge in [-0.25, -0.2) is 5.26 Å². The van der Waals surface area contributed by atoms with Crippen molar-refractivity contribution < 1.29 is 10.1 Å². The Hall–Kier alpha value is -2.84. The lowest BCUT2D eigenvalue weighted by Crippen LogP contribution is -2.11. The maximum absolute atomic E-state index is 9.30. The summed E-state index contributed by atoms with van der Waals surface area (Å²) in [6.45, 7) is 0. The zero-order valence-corrected chi connectivity index (χ0v) is 14.0. The molecule has 0 aliphatic heterocycles. The van der Waals surface area contributed by atoms with Crippen molar-refractivity contribution in [2.45, 2.75) is 19.3 Å². The Morgan fingerprint density at radius 2 is 1.36 bits per heavy atom. The average Bonchev–Trinajstić information content (AvgIpc) is 2.68. The molecular formula is C23H20O2. The SMILES string of the molecule is OOc1ccccc1C1=C(Cc2ccccc2)Cc2ccccc2C1. The zero-order chi connectivity index (χ0) is 17.1. The van der Waals surface area contributed by atoms with E-state index in [0.717, 1.165) is 24.8 Å². The molecule has 0 heterocycles. The molecule has 1 aliphatic carbocycles. The Labute approximate surface area is 148 Å². The molecule has 0 bridgehead atoms. The summed E-state index contributed by atoms with van der Waals surface area (Å²) >= 11 is 0. The molecule has 0 atom stereocenters. The van der Waals surface area contributed by atoms with E-state index < -0.39 is 0 Å². The Balaban J connectivity index is 1.81. The molecule has 2 heteroatoms. The zero-order valence-electron chi connectivity index (χ0n) is 14.0. The van der Waals surface area contributed by atoms with Crippen LogP contribution < -0.4 is 4.89 Å². The Morgan fingerprint density at radius 3 is 2.12 bits per heavy atom. The number of para-hydroxylation sites is 1. The first-order valence-corrected chi connectivity index (χ1v) is 8.57. The minimum Gasteiger partial charge on any atom is -0.340 e. The Morgan fingerprint density at radius 1 is 0.720 bits per heavy atom. The van der Waals surface area contributed by atoms with Crippen LogP contribution in [0.4, 0.5) is 0 Å². The molecule has 3 aromatic rings. The van der Waals surface area contributed by atoms with Gasteiger partial charge in [-0.2, -0.15) is 0 Å². The predicted octanol–water partition coefficient (Wildman–Crippen LogP) is 5.33. The molecule has 2 nitrogen and oxygen atoms in total. The molecule has 0 amide bonds. The van der Waals surface area contributed by atoms with Gasteiger partial charge in [-0.15, -0.1) is 0 Å². The van der Waals surface area contributed by atoms with E-state index in [-0.39, 0.29) is 0 Å². The van der Waals surface area contributed by atoms with Gasteiger partial charge in [-0.3, -0.25) is 0 Å². The van der Waals surface area contributed by atoms with Crippen molar-refractivity contribution in [1.82, 2.24) is 0 Å². The average molecular weight is 328 g/mol. The Bertz CT molecular complexity index is 910. The van der Waals surface area contributed by atoms with E-state index in [4.69, 9.17) is 0 Å². The third-order valence-corrected chi connectivity index (χ3v) is 4.89. The summed E-state index contributed by atoms with van der Waals surface area (Å²) in [6, 6.07) is 26.8. The lowest BCUT2D eigenvalue weighted by atomic mass is 9.80. The fraction of sp³-hybridized carbons (Fsp3) is 0.130. The van der Waals surface area contributed by atoms with Gasteiger partial charge in [0.2, 0.25) is 0 Å². The van der Waals surface area contributed by atoms with E-state index in [1.165, 1.54) is 27.8 Å². The molecule has 0 spiro atoms. The smallest absolute Gasteiger partial charge is 0.172 e. The summed E-state index contributed by atoms with van der Waals surface area (Å²) in [5.41, 5.74) is 7.66. The standard InChI is InChI=1S/C23H20O2/c24-25-23-13-7-6-12-21(23)22-16-19-11-5-4-10-18(19)15-20(22)14-17-8-2-1-3-9-17/h1-13,24H,14-16H2. The topological polar surface area (TPSA) is 29.5 Å². The van der Waals surface area contributed by atoms with Gasteiger partial charge in [-0.1, -0.05) is 78.4 Å². The monoisotopic (exact) mass is 328 g/mol. The van der Waals surface area contributed by atoms with Gasteiger partial charge in [0.1, 0.15) is 0 Å². The van der Waals surface area contributed by atoms with Crippen LogP contribution in [-0.2, 0) is 19.3 Å². The first-order valence-electron chi connectivity index (χ1n) is 8.57. The van der Waals surface area contributed by atoms with Crippen LogP contribution in [0.5, 0.6) is 5.75 Å². The van der Waals surface area contributed by atoms with Gasteiger partial charge in [0.05, 0.1) is 0 Å². The highest BCUT2D eigenvalue weighted by Crippen LogP contribution is 2.37. The highest BCUT2D eigenvalue weighted by atomic mass is 17.1. The third kappa shape index (κ3) is 3.21. The molecule has 0 fully saturated rings. The van der Waals surface area contributed by atoms with Crippen molar-refractivity contribution in [3.63, 3.8) is 0 Å². The molecule has 0 saturated carbocycles. The van der Waals surface area contributed by atoms with Gasteiger partial charge in [0.25, 0.3) is 0 Å². The summed E-state index contributed by atoms with van der Waals surface area (Å²) in [6.07, 6.45) is 2.70. The van der Waals surface area contributed by atoms with Crippen LogP contribution in [-0.4, -0.2) is 5.26 Å². The number of fused-ring (bicyclic) bond motifs is 1. The largest absolute Gasteiger partial charge is 0.340 e. The molecule has 0 aromatic heterocycles. The number of allylic oxidation sites excluding steroid dienone is 2. The molecular weight excluding hydrogens is 308 g/mol. The van der Waals surface area contributed by atoms with Gasteiger partial charge < -0.3 is 4.89 Å². The van der Waals surface area contributed by atoms with Crippen LogP contribution in [0.2, 0.25) is 0 Å². The van der Waals surface area contributed by atoms with Crippen LogP contribution in [0.25, 0.3) is 5.57 Å². The molecule has 1 aliphatic rings. The maximum atomic E-state index is 9.30. The van der Waals surface area contributed by atoms with Gasteiger partial charge in [-0.05, 0) is 47.6 Å². The first-order chi connectivity index (χ1) is 12.3. The van der Waals surface area contributed by atoms with Crippen molar-refractivity contribution in [2.24, 2.45) is 0 Å². The molecule has 0 saturated heterocycles. The fourth-order valence-electron chi connectivity index (χ4n) is 3.65. The number of benzene rings is 3. The lowest BCUT2D eigenvalue weighted by molar-refractivity contribution is -0.137. The van der Waals surface area contributed by atoms with Crippen molar-refractivity contribution in [1.29, 1.82) is 0 Å². The minimum atomic E-state index is 0.516. The summed E-state index contributed by atoms with van der Waals surface area (Å²) in [7, 11) is 0. The number of hydrogen-bond acceptors (Lipinski definition) is 2. The van der Waals surface area contributed by atoms with Crippen LogP contribution in [0.15, 0.2) is 84.4 Å². The molecule has 0 unspecified atom stereocenters. The second-order valence-corrected chi connectivity index (χ2v) is 6.45. The van der Waals surface area contributed by atoms with E-state index >= 15 is 0 Å². The number of rotatable bonds is 4. The molecule has 124 valence electrons. The second-order valence-electron chi connectivity index (χ2n) is 6.45. The Kier molecular flexibility index (Phi) is 4.36. The molecule has 25 heavy (non-hydrogen) atoms. The van der Waals surface area contributed by atoms with Crippen LogP contribution in [0.1, 0.15) is 22.3 Å². The van der Waals surface area contributed by atoms with Crippen molar-refractivity contribution in [3.05, 3.63) is 107 Å². The predicted molar refractivity (Wildman–Crippen MR) is 101 cm³/mol. The highest BCUT2D eigenvalue weighted by molar-refractivity contribution is 5.77. The molecule has 1 N–H and O–H groups in total. The first kappa shape index (κ1) is 15.7. The summed E-state index contributed by atoms with van der Waals surface area (Å²) in [5, 5.41) is 9.30. The van der Waals surface area contributed by atoms with E-state index in [2.05, 4.69) is 53.4 Å². The normalized spacial score (nSPS) is 13.5. The van der Waals surface area contributed by atoms with Crippen LogP contribution >= 0.6 is 0 Å². The van der Waals surface area contributed by atoms with Crippen LogP contribution in [0.3, 0.4) is 0 Å². The quantitative estimate of drug-likeness (QED) is 0.518. The lowest BCUT2D eigenvalue weighted by Gasteiger charge is -2.24. The van der Waals surface area contributed by atoms with Gasteiger partial charge in [0, 0.05) is 5.56 Å². The second kappa shape index (κ2) is 6.96. The molecule has 4 rings (SSSR count). The van der Waals surface area contributed by atoms with E-state index in [1.807, 2.05) is 30.3 Å². The summed E-state index contributed by atoms with van der Waals surface area (Å²) < 4.78 is 0. The van der Waals surface area contributed by atoms with Crippen molar-refractivity contribution in [3.8, 4) is 5.75 Å². The molecule has 0 radical (unpaired) electrons. The maximum Gasteiger partial charge on any atom is 0.172 e. The number of hydrogen-bond donors (Lipinski definition) is 1. The minimum absolute atomic E-state index is 0.516. The molecule has 3 aromatic carbocycles.